The van der Waals surface area contributed by atoms with Crippen molar-refractivity contribution in [1.29, 1.82) is 0 Å². The number of hydrogen-bond donors (Lipinski definition) is 0. The van der Waals surface area contributed by atoms with Crippen LogP contribution in [0.25, 0.3) is 0 Å². The van der Waals surface area contributed by atoms with E-state index < -0.39 is 0 Å². The van der Waals surface area contributed by atoms with Crippen molar-refractivity contribution < 1.29 is 0 Å². The molecule has 0 aromatic carbocycles. The maximum absolute atomic E-state index is 5.53. The molecule has 7 heavy (non-hydrogen) atoms. The lowest BCUT2D eigenvalue weighted by Gasteiger charge is -2.11. The minimum atomic E-state index is -0.380. The van der Waals surface area contributed by atoms with Gasteiger partial charge in [0.05, 0.1) is 0 Å². The van der Waals surface area contributed by atoms with Crippen LogP contribution < -0.4 is 0 Å². The number of alkyl halides is 5. The molecule has 0 N–H and O–H groups in total. The summed E-state index contributed by atoms with van der Waals surface area (Å²) < 4.78 is -0.547. The SMILES string of the molecule is ClC(Br)C(Br)(Br)Br. The second kappa shape index (κ2) is 3.40. The lowest BCUT2D eigenvalue weighted by molar-refractivity contribution is 1.36. The molecule has 1 unspecified atom stereocenters. The van der Waals surface area contributed by atoms with Crippen LogP contribution in [0, 0.1) is 0 Å². The molecule has 0 saturated heterocycles. The molecule has 0 saturated carbocycles. The first-order valence-corrected chi connectivity index (χ1v) is 5.02. The van der Waals surface area contributed by atoms with Crippen molar-refractivity contribution in [3.05, 3.63) is 0 Å². The van der Waals surface area contributed by atoms with Gasteiger partial charge in [-0.25, -0.2) is 0 Å². The van der Waals surface area contributed by atoms with Gasteiger partial charge in [-0.2, -0.15) is 0 Å². The van der Waals surface area contributed by atoms with Gasteiger partial charge in [0.15, 0.2) is 2.14 Å². The summed E-state index contributed by atoms with van der Waals surface area (Å²) in [4.78, 5) is 0. The molecule has 44 valence electrons. The van der Waals surface area contributed by atoms with Gasteiger partial charge in [0.25, 0.3) is 0 Å². The van der Waals surface area contributed by atoms with Crippen molar-refractivity contribution in [1.82, 2.24) is 0 Å². The van der Waals surface area contributed by atoms with Crippen molar-refractivity contribution in [2.45, 2.75) is 6.43 Å². The van der Waals surface area contributed by atoms with Gasteiger partial charge in [0.1, 0.15) is 4.29 Å². The molecule has 0 amide bonds. The molecule has 1 atom stereocenters. The Morgan fingerprint density at radius 2 is 1.43 bits per heavy atom. The number of hydrogen-bond acceptors (Lipinski definition) is 0. The summed E-state index contributed by atoms with van der Waals surface area (Å²) in [5.41, 5.74) is 0. The largest absolute Gasteiger partial charge is 0.160 e. The summed E-state index contributed by atoms with van der Waals surface area (Å²) in [5.74, 6) is 0. The van der Waals surface area contributed by atoms with E-state index in [1.54, 1.807) is 0 Å². The lowest BCUT2D eigenvalue weighted by Crippen LogP contribution is -2.08. The predicted octanol–water partition coefficient (Wildman–Crippen LogP) is 3.78. The quantitative estimate of drug-likeness (QED) is 0.562. The third-order valence-electron chi connectivity index (χ3n) is 0.247. The van der Waals surface area contributed by atoms with Gasteiger partial charge in [-0.1, -0.05) is 63.7 Å². The summed E-state index contributed by atoms with van der Waals surface area (Å²) in [6.07, 6.45) is 0. The zero-order valence-corrected chi connectivity index (χ0v) is 10.1. The van der Waals surface area contributed by atoms with Gasteiger partial charge in [0, 0.05) is 0 Å². The Kier molecular flexibility index (Phi) is 4.47. The molecule has 0 rings (SSSR count). The van der Waals surface area contributed by atoms with Gasteiger partial charge >= 0.3 is 0 Å². The van der Waals surface area contributed by atoms with Crippen molar-refractivity contribution in [3.8, 4) is 0 Å². The fraction of sp³-hybridized carbons (Fsp3) is 1.00. The average Bonchev–Trinajstić information content (AvgIpc) is 1.31. The van der Waals surface area contributed by atoms with Gasteiger partial charge < -0.3 is 0 Å². The molecular formula is C2HBr4Cl. The molecule has 0 radical (unpaired) electrons. The molecule has 0 fully saturated rings. The van der Waals surface area contributed by atoms with Crippen molar-refractivity contribution in [2.24, 2.45) is 0 Å². The maximum atomic E-state index is 5.53. The maximum Gasteiger partial charge on any atom is 0.160 e. The molecule has 0 aliphatic rings. The van der Waals surface area contributed by atoms with E-state index in [-0.39, 0.29) is 6.43 Å². The van der Waals surface area contributed by atoms with E-state index in [1.165, 1.54) is 0 Å². The highest BCUT2D eigenvalue weighted by Gasteiger charge is 2.25. The average molecular weight is 380 g/mol. The molecular weight excluding hydrogens is 379 g/mol. The summed E-state index contributed by atoms with van der Waals surface area (Å²) in [5, 5.41) is 0. The molecule has 0 heterocycles. The molecule has 0 bridgehead atoms. The molecule has 0 spiro atoms. The second-order valence-electron chi connectivity index (χ2n) is 0.842. The third-order valence-corrected chi connectivity index (χ3v) is 5.27. The third kappa shape index (κ3) is 4.70. The Labute approximate surface area is 80.9 Å². The Morgan fingerprint density at radius 3 is 1.43 bits per heavy atom. The summed E-state index contributed by atoms with van der Waals surface area (Å²) >= 11 is 18.2. The van der Waals surface area contributed by atoms with Gasteiger partial charge in [-0.15, -0.1) is 11.6 Å². The van der Waals surface area contributed by atoms with E-state index in [0.717, 1.165) is 0 Å². The first kappa shape index (κ1) is 9.21. The second-order valence-corrected chi connectivity index (χ2v) is 9.67. The van der Waals surface area contributed by atoms with Crippen LogP contribution in [0.1, 0.15) is 0 Å². The standard InChI is InChI=1S/C2HBr4Cl/c3-1(7)2(4,5)6/h1H. The molecule has 0 aliphatic heterocycles. The predicted molar refractivity (Wildman–Crippen MR) is 48.1 cm³/mol. The van der Waals surface area contributed by atoms with Gasteiger partial charge in [-0.3, -0.25) is 0 Å². The van der Waals surface area contributed by atoms with E-state index in [4.69, 9.17) is 11.6 Å². The first-order valence-electron chi connectivity index (χ1n) is 1.29. The summed E-state index contributed by atoms with van der Waals surface area (Å²) in [6.45, 7) is 0. The van der Waals surface area contributed by atoms with Crippen LogP contribution in [0.5, 0.6) is 0 Å². The van der Waals surface area contributed by atoms with Gasteiger partial charge in [-0.05, 0) is 0 Å². The van der Waals surface area contributed by atoms with E-state index in [9.17, 15) is 0 Å². The monoisotopic (exact) mass is 376 g/mol. The van der Waals surface area contributed by atoms with Crippen molar-refractivity contribution >= 4 is 75.3 Å². The van der Waals surface area contributed by atoms with Crippen molar-refractivity contribution in [3.63, 3.8) is 0 Å². The van der Waals surface area contributed by atoms with Crippen LogP contribution in [0.2, 0.25) is 0 Å². The molecule has 0 aliphatic carbocycles. The zero-order valence-electron chi connectivity index (χ0n) is 2.97. The van der Waals surface area contributed by atoms with Crippen LogP contribution in [-0.4, -0.2) is 6.43 Å². The van der Waals surface area contributed by atoms with Crippen molar-refractivity contribution in [2.75, 3.05) is 0 Å². The van der Waals surface area contributed by atoms with E-state index >= 15 is 0 Å². The Morgan fingerprint density at radius 1 is 1.29 bits per heavy atom. The van der Waals surface area contributed by atoms with Crippen LogP contribution in [0.15, 0.2) is 0 Å². The van der Waals surface area contributed by atoms with Crippen LogP contribution in [0.3, 0.4) is 0 Å². The zero-order chi connectivity index (χ0) is 6.08. The van der Waals surface area contributed by atoms with E-state index in [0.29, 0.717) is 0 Å². The summed E-state index contributed by atoms with van der Waals surface area (Å²) in [7, 11) is 0. The Hall–Kier alpha value is 2.21. The highest BCUT2D eigenvalue weighted by Crippen LogP contribution is 2.42. The van der Waals surface area contributed by atoms with E-state index in [1.807, 2.05) is 0 Å². The molecule has 0 aromatic rings. The smallest absolute Gasteiger partial charge is 0.107 e. The van der Waals surface area contributed by atoms with E-state index in [2.05, 4.69) is 63.7 Å². The highest BCUT2D eigenvalue weighted by molar-refractivity contribution is 9.40. The molecule has 0 aromatic heterocycles. The Bertz CT molecular complexity index is 55.2. The normalized spacial score (nSPS) is 16.7. The Balaban J connectivity index is 3.54. The van der Waals surface area contributed by atoms with Gasteiger partial charge in [0.2, 0.25) is 0 Å². The topological polar surface area (TPSA) is 0 Å². The first-order chi connectivity index (χ1) is 2.94. The van der Waals surface area contributed by atoms with Crippen LogP contribution >= 0.6 is 75.3 Å². The minimum Gasteiger partial charge on any atom is -0.107 e. The fourth-order valence-electron chi connectivity index (χ4n) is 0. The number of halogens is 5. The molecule has 5 heteroatoms. The molecule has 0 nitrogen and oxygen atoms in total. The highest BCUT2D eigenvalue weighted by atomic mass is 80.0. The number of rotatable bonds is 0. The fourth-order valence-corrected chi connectivity index (χ4v) is 0. The van der Waals surface area contributed by atoms with Crippen LogP contribution in [0.4, 0.5) is 0 Å². The minimum absolute atomic E-state index is 0.167. The summed E-state index contributed by atoms with van der Waals surface area (Å²) in [6, 6.07) is 0. The lowest BCUT2D eigenvalue weighted by atomic mass is 11.0. The van der Waals surface area contributed by atoms with Crippen LogP contribution in [-0.2, 0) is 0 Å².